The fraction of sp³-hybridized carbons (Fsp3) is 0.526. The van der Waals surface area contributed by atoms with Gasteiger partial charge in [0.2, 0.25) is 11.8 Å². The third-order valence-electron chi connectivity index (χ3n) is 4.35. The summed E-state index contributed by atoms with van der Waals surface area (Å²) in [5.74, 6) is -0.705. The fourth-order valence-corrected chi connectivity index (χ4v) is 4.00. The normalized spacial score (nSPS) is 20.5. The van der Waals surface area contributed by atoms with Crippen LogP contribution in [0.5, 0.6) is 0 Å². The molecule has 1 aromatic rings. The van der Waals surface area contributed by atoms with Crippen LogP contribution in [-0.2, 0) is 9.59 Å². The highest BCUT2D eigenvalue weighted by Crippen LogP contribution is 2.25. The van der Waals surface area contributed by atoms with Gasteiger partial charge < -0.3 is 10.2 Å². The van der Waals surface area contributed by atoms with Gasteiger partial charge in [-0.2, -0.15) is 0 Å². The van der Waals surface area contributed by atoms with E-state index in [0.717, 1.165) is 19.3 Å². The Bertz CT molecular complexity index is 606. The molecule has 0 saturated carbocycles. The van der Waals surface area contributed by atoms with Gasteiger partial charge in [-0.25, -0.2) is 0 Å². The number of carbonyl (C=O) groups excluding carboxylic acids is 3. The molecule has 136 valence electrons. The summed E-state index contributed by atoms with van der Waals surface area (Å²) >= 11 is 1.29. The highest BCUT2D eigenvalue weighted by atomic mass is 32.2. The van der Waals surface area contributed by atoms with Gasteiger partial charge in [0.05, 0.1) is 5.75 Å². The Morgan fingerprint density at radius 3 is 2.52 bits per heavy atom. The molecule has 1 aliphatic rings. The minimum absolute atomic E-state index is 0.00609. The molecule has 2 atom stereocenters. The van der Waals surface area contributed by atoms with E-state index in [1.165, 1.54) is 11.8 Å². The molecule has 0 aliphatic carbocycles. The number of benzene rings is 1. The largest absolute Gasteiger partial charge is 0.326 e. The molecule has 0 bridgehead atoms. The maximum Gasteiger partial charge on any atom is 0.237 e. The summed E-state index contributed by atoms with van der Waals surface area (Å²) in [6, 6.07) is 9.05. The van der Waals surface area contributed by atoms with E-state index in [0.29, 0.717) is 18.5 Å². The number of amides is 2. The first-order valence-electron chi connectivity index (χ1n) is 8.89. The van der Waals surface area contributed by atoms with E-state index in [2.05, 4.69) is 12.2 Å². The van der Waals surface area contributed by atoms with Gasteiger partial charge in [0, 0.05) is 12.1 Å². The summed E-state index contributed by atoms with van der Waals surface area (Å²) in [7, 11) is 0. The minimum atomic E-state index is -0.590. The van der Waals surface area contributed by atoms with Gasteiger partial charge in [-0.3, -0.25) is 14.4 Å². The second kappa shape index (κ2) is 9.61. The van der Waals surface area contributed by atoms with Gasteiger partial charge in [0.25, 0.3) is 0 Å². The second-order valence-corrected chi connectivity index (χ2v) is 7.20. The number of thioether (sulfide) groups is 1. The number of ketones is 1. The Morgan fingerprint density at radius 1 is 1.16 bits per heavy atom. The maximum atomic E-state index is 12.7. The highest BCUT2D eigenvalue weighted by molar-refractivity contribution is 8.00. The number of nitrogens with zero attached hydrogens (tertiary/aromatic N) is 1. The third kappa shape index (κ3) is 5.08. The smallest absolute Gasteiger partial charge is 0.237 e. The van der Waals surface area contributed by atoms with Crippen LogP contribution in [0.15, 0.2) is 30.3 Å². The lowest BCUT2D eigenvalue weighted by atomic mass is 9.97. The van der Waals surface area contributed by atoms with Gasteiger partial charge in [-0.15, -0.1) is 11.8 Å². The molecular weight excluding hydrogens is 336 g/mol. The first-order chi connectivity index (χ1) is 12.1. The van der Waals surface area contributed by atoms with Crippen molar-refractivity contribution in [3.05, 3.63) is 35.9 Å². The SMILES string of the molecule is CCCCCC1C(=O)NC(SCC(=O)c2ccccc2)N(CC)C1=O. The van der Waals surface area contributed by atoms with Gasteiger partial charge in [0.1, 0.15) is 5.92 Å². The van der Waals surface area contributed by atoms with Crippen LogP contribution in [0, 0.1) is 5.92 Å². The van der Waals surface area contributed by atoms with Crippen molar-refractivity contribution >= 4 is 29.4 Å². The van der Waals surface area contributed by atoms with Crippen LogP contribution in [0.2, 0.25) is 0 Å². The lowest BCUT2D eigenvalue weighted by molar-refractivity contribution is -0.149. The molecule has 2 amide bonds. The van der Waals surface area contributed by atoms with Crippen LogP contribution in [-0.4, -0.2) is 40.3 Å². The summed E-state index contributed by atoms with van der Waals surface area (Å²) in [6.07, 6.45) is 3.55. The average Bonchev–Trinajstić information content (AvgIpc) is 2.63. The van der Waals surface area contributed by atoms with Crippen LogP contribution in [0.1, 0.15) is 49.9 Å². The molecule has 25 heavy (non-hydrogen) atoms. The van der Waals surface area contributed by atoms with E-state index in [9.17, 15) is 14.4 Å². The van der Waals surface area contributed by atoms with Gasteiger partial charge in [0.15, 0.2) is 11.3 Å². The number of hydrogen-bond acceptors (Lipinski definition) is 4. The molecule has 1 N–H and O–H groups in total. The van der Waals surface area contributed by atoms with E-state index in [1.807, 2.05) is 25.1 Å². The number of nitrogens with one attached hydrogen (secondary N) is 1. The van der Waals surface area contributed by atoms with Crippen LogP contribution in [0.3, 0.4) is 0 Å². The molecule has 6 heteroatoms. The monoisotopic (exact) mass is 362 g/mol. The average molecular weight is 362 g/mol. The second-order valence-electron chi connectivity index (χ2n) is 6.13. The van der Waals surface area contributed by atoms with Crippen molar-refractivity contribution in [1.29, 1.82) is 0 Å². The number of carbonyl (C=O) groups is 3. The number of unbranched alkanes of at least 4 members (excludes halogenated alkanes) is 2. The Kier molecular flexibility index (Phi) is 7.50. The zero-order valence-corrected chi connectivity index (χ0v) is 15.7. The molecule has 1 saturated heterocycles. The van der Waals surface area contributed by atoms with Crippen LogP contribution in [0.4, 0.5) is 0 Å². The Balaban J connectivity index is 1.96. The molecule has 0 spiro atoms. The summed E-state index contributed by atoms with van der Waals surface area (Å²) in [6.45, 7) is 4.50. The van der Waals surface area contributed by atoms with E-state index in [-0.39, 0.29) is 23.4 Å². The third-order valence-corrected chi connectivity index (χ3v) is 5.47. The van der Waals surface area contributed by atoms with E-state index >= 15 is 0 Å². The number of Topliss-reactive ketones (excluding diaryl/α,β-unsaturated/α-hetero) is 1. The molecule has 2 rings (SSSR count). The van der Waals surface area contributed by atoms with Crippen LogP contribution in [0.25, 0.3) is 0 Å². The topological polar surface area (TPSA) is 66.5 Å². The van der Waals surface area contributed by atoms with Crippen molar-refractivity contribution in [1.82, 2.24) is 10.2 Å². The van der Waals surface area contributed by atoms with E-state index in [1.54, 1.807) is 17.0 Å². The van der Waals surface area contributed by atoms with Gasteiger partial charge in [-0.05, 0) is 13.3 Å². The Hall–Kier alpha value is -1.82. The molecule has 2 unspecified atom stereocenters. The zero-order chi connectivity index (χ0) is 18.2. The van der Waals surface area contributed by atoms with Crippen LogP contribution < -0.4 is 5.32 Å². The van der Waals surface area contributed by atoms with Crippen molar-refractivity contribution in [2.75, 3.05) is 12.3 Å². The molecule has 1 fully saturated rings. The highest BCUT2D eigenvalue weighted by Gasteiger charge is 2.39. The molecule has 5 nitrogen and oxygen atoms in total. The Labute approximate surface area is 153 Å². The predicted octanol–water partition coefficient (Wildman–Crippen LogP) is 3.06. The molecule has 1 aliphatic heterocycles. The summed E-state index contributed by atoms with van der Waals surface area (Å²) in [5.41, 5.74) is 0.170. The molecule has 1 heterocycles. The lowest BCUT2D eigenvalue weighted by Crippen LogP contribution is -2.59. The van der Waals surface area contributed by atoms with E-state index < -0.39 is 11.4 Å². The van der Waals surface area contributed by atoms with E-state index in [4.69, 9.17) is 0 Å². The van der Waals surface area contributed by atoms with Crippen molar-refractivity contribution in [2.24, 2.45) is 5.92 Å². The molecule has 1 aromatic carbocycles. The van der Waals surface area contributed by atoms with Crippen molar-refractivity contribution < 1.29 is 14.4 Å². The minimum Gasteiger partial charge on any atom is -0.326 e. The first-order valence-corrected chi connectivity index (χ1v) is 9.94. The molecule has 0 aromatic heterocycles. The first kappa shape index (κ1) is 19.5. The number of hydrogen-bond donors (Lipinski definition) is 1. The predicted molar refractivity (Wildman–Crippen MR) is 100 cm³/mol. The molecule has 0 radical (unpaired) electrons. The van der Waals surface area contributed by atoms with Gasteiger partial charge in [-0.1, -0.05) is 56.5 Å². The number of rotatable bonds is 9. The van der Waals surface area contributed by atoms with Gasteiger partial charge >= 0.3 is 0 Å². The van der Waals surface area contributed by atoms with Crippen molar-refractivity contribution in [3.8, 4) is 0 Å². The zero-order valence-electron chi connectivity index (χ0n) is 14.9. The Morgan fingerprint density at radius 2 is 1.88 bits per heavy atom. The maximum absolute atomic E-state index is 12.7. The standard InChI is InChI=1S/C19H26N2O3S/c1-3-5-7-12-15-17(23)20-19(21(4-2)18(15)24)25-13-16(22)14-10-8-6-9-11-14/h6,8-11,15,19H,3-5,7,12-13H2,1-2H3,(H,20,23). The summed E-state index contributed by atoms with van der Waals surface area (Å²) in [5, 5.41) is 2.91. The van der Waals surface area contributed by atoms with Crippen LogP contribution >= 0.6 is 11.8 Å². The van der Waals surface area contributed by atoms with Crippen molar-refractivity contribution in [2.45, 2.75) is 45.0 Å². The quantitative estimate of drug-likeness (QED) is 0.416. The summed E-state index contributed by atoms with van der Waals surface area (Å²) < 4.78 is 0. The lowest BCUT2D eigenvalue weighted by Gasteiger charge is -2.38. The summed E-state index contributed by atoms with van der Waals surface area (Å²) in [4.78, 5) is 38.9. The fourth-order valence-electron chi connectivity index (χ4n) is 2.90. The van der Waals surface area contributed by atoms with Crippen molar-refractivity contribution in [3.63, 3.8) is 0 Å². The molecular formula is C19H26N2O3S.